The van der Waals surface area contributed by atoms with Gasteiger partial charge in [-0.3, -0.25) is 19.9 Å². The van der Waals surface area contributed by atoms with Crippen LogP contribution < -0.4 is 4.90 Å². The number of anilines is 1. The molecule has 1 atom stereocenters. The second-order valence-electron chi connectivity index (χ2n) is 7.61. The van der Waals surface area contributed by atoms with Crippen LogP contribution in [0.15, 0.2) is 67.1 Å². The van der Waals surface area contributed by atoms with Crippen molar-refractivity contribution in [3.63, 3.8) is 0 Å². The molecule has 0 aromatic carbocycles. The van der Waals surface area contributed by atoms with Crippen molar-refractivity contribution < 1.29 is 0 Å². The van der Waals surface area contributed by atoms with E-state index in [1.165, 1.54) is 11.4 Å². The van der Waals surface area contributed by atoms with Crippen LogP contribution in [0.2, 0.25) is 0 Å². The van der Waals surface area contributed by atoms with Gasteiger partial charge in [-0.1, -0.05) is 12.1 Å². The van der Waals surface area contributed by atoms with Gasteiger partial charge in [0.2, 0.25) is 0 Å². The molecule has 0 unspecified atom stereocenters. The third kappa shape index (κ3) is 3.08. The van der Waals surface area contributed by atoms with Gasteiger partial charge in [-0.2, -0.15) is 0 Å². The van der Waals surface area contributed by atoms with Crippen LogP contribution in [0.3, 0.4) is 0 Å². The first kappa shape index (κ1) is 16.4. The first-order valence-electron chi connectivity index (χ1n) is 9.55. The van der Waals surface area contributed by atoms with E-state index < -0.39 is 0 Å². The van der Waals surface area contributed by atoms with Crippen LogP contribution >= 0.6 is 0 Å². The van der Waals surface area contributed by atoms with E-state index in [-0.39, 0.29) is 5.41 Å². The van der Waals surface area contributed by atoms with Gasteiger partial charge in [-0.25, -0.2) is 0 Å². The molecule has 27 heavy (non-hydrogen) atoms. The molecule has 136 valence electrons. The van der Waals surface area contributed by atoms with E-state index in [2.05, 4.69) is 50.1 Å². The Hall–Kier alpha value is -2.79. The summed E-state index contributed by atoms with van der Waals surface area (Å²) < 4.78 is 0. The SMILES string of the molecule is c1ccc(CN2CC[C@]3(C2)CN(Cc2ccccn2)c2cccnc23)nc1. The second kappa shape index (κ2) is 6.74. The fourth-order valence-corrected chi connectivity index (χ4v) is 4.55. The van der Waals surface area contributed by atoms with E-state index in [9.17, 15) is 0 Å². The monoisotopic (exact) mass is 357 g/mol. The Morgan fingerprint density at radius 2 is 1.52 bits per heavy atom. The zero-order valence-corrected chi connectivity index (χ0v) is 15.3. The number of fused-ring (bicyclic) bond motifs is 2. The summed E-state index contributed by atoms with van der Waals surface area (Å²) >= 11 is 0. The van der Waals surface area contributed by atoms with Crippen molar-refractivity contribution in [1.82, 2.24) is 19.9 Å². The maximum Gasteiger partial charge on any atom is 0.0729 e. The smallest absolute Gasteiger partial charge is 0.0729 e. The molecular weight excluding hydrogens is 334 g/mol. The molecule has 0 aliphatic carbocycles. The van der Waals surface area contributed by atoms with Crippen molar-refractivity contribution in [2.75, 3.05) is 24.5 Å². The van der Waals surface area contributed by atoms with E-state index in [0.717, 1.165) is 50.5 Å². The van der Waals surface area contributed by atoms with E-state index in [4.69, 9.17) is 4.98 Å². The lowest BCUT2D eigenvalue weighted by atomic mass is 9.85. The van der Waals surface area contributed by atoms with Gasteiger partial charge in [0.25, 0.3) is 0 Å². The Kier molecular flexibility index (Phi) is 4.09. The Bertz CT molecular complexity index is 914. The lowest BCUT2D eigenvalue weighted by molar-refractivity contribution is 0.302. The number of aromatic nitrogens is 3. The van der Waals surface area contributed by atoms with Crippen LogP contribution in [-0.2, 0) is 18.5 Å². The number of likely N-dealkylation sites (tertiary alicyclic amines) is 1. The van der Waals surface area contributed by atoms with E-state index in [1.54, 1.807) is 0 Å². The van der Waals surface area contributed by atoms with Crippen molar-refractivity contribution >= 4 is 5.69 Å². The Labute approximate surface area is 159 Å². The molecule has 2 aliphatic rings. The standard InChI is InChI=1S/C22H23N5/c1-3-10-23-18(6-1)14-26-13-9-22(16-26)17-27(15-19-7-2-4-11-24-19)20-8-5-12-25-21(20)22/h1-8,10-12H,9,13-17H2/t22-/m0/s1. The Morgan fingerprint density at radius 1 is 0.778 bits per heavy atom. The fraction of sp³-hybridized carbons (Fsp3) is 0.318. The molecule has 5 rings (SSSR count). The fourth-order valence-electron chi connectivity index (χ4n) is 4.55. The average Bonchev–Trinajstić information content (AvgIpc) is 3.25. The minimum atomic E-state index is 0.111. The van der Waals surface area contributed by atoms with Crippen LogP contribution in [0, 0.1) is 0 Å². The molecule has 1 fully saturated rings. The molecule has 5 nitrogen and oxygen atoms in total. The van der Waals surface area contributed by atoms with Crippen molar-refractivity contribution in [3.05, 3.63) is 84.2 Å². The molecule has 5 heterocycles. The third-order valence-corrected chi connectivity index (χ3v) is 5.75. The molecule has 1 saturated heterocycles. The van der Waals surface area contributed by atoms with Gasteiger partial charge in [0, 0.05) is 43.6 Å². The summed E-state index contributed by atoms with van der Waals surface area (Å²) in [5.74, 6) is 0. The zero-order valence-electron chi connectivity index (χ0n) is 15.3. The summed E-state index contributed by atoms with van der Waals surface area (Å²) in [5, 5.41) is 0. The minimum Gasteiger partial charge on any atom is -0.363 e. The van der Waals surface area contributed by atoms with Gasteiger partial charge in [-0.15, -0.1) is 0 Å². The zero-order chi connectivity index (χ0) is 18.1. The van der Waals surface area contributed by atoms with Gasteiger partial charge in [0.05, 0.1) is 29.3 Å². The van der Waals surface area contributed by atoms with Gasteiger partial charge in [0.15, 0.2) is 0 Å². The first-order valence-corrected chi connectivity index (χ1v) is 9.55. The molecule has 0 saturated carbocycles. The number of hydrogen-bond donors (Lipinski definition) is 0. The number of pyridine rings is 3. The van der Waals surface area contributed by atoms with Gasteiger partial charge in [-0.05, 0) is 49.4 Å². The van der Waals surface area contributed by atoms with Gasteiger partial charge < -0.3 is 4.90 Å². The lowest BCUT2D eigenvalue weighted by Crippen LogP contribution is -2.36. The van der Waals surface area contributed by atoms with Crippen molar-refractivity contribution in [2.45, 2.75) is 24.9 Å². The van der Waals surface area contributed by atoms with E-state index in [0.29, 0.717) is 0 Å². The molecule has 3 aromatic rings. The highest BCUT2D eigenvalue weighted by atomic mass is 15.2. The largest absolute Gasteiger partial charge is 0.363 e. The molecule has 0 N–H and O–H groups in total. The highest BCUT2D eigenvalue weighted by Gasteiger charge is 2.48. The predicted octanol–water partition coefficient (Wildman–Crippen LogP) is 3.04. The Morgan fingerprint density at radius 3 is 2.26 bits per heavy atom. The van der Waals surface area contributed by atoms with Crippen LogP contribution in [0.25, 0.3) is 0 Å². The highest BCUT2D eigenvalue weighted by molar-refractivity contribution is 5.60. The number of rotatable bonds is 4. The number of hydrogen-bond acceptors (Lipinski definition) is 5. The van der Waals surface area contributed by atoms with Gasteiger partial charge in [0.1, 0.15) is 0 Å². The summed E-state index contributed by atoms with van der Waals surface area (Å²) in [7, 11) is 0. The molecule has 0 amide bonds. The van der Waals surface area contributed by atoms with Gasteiger partial charge >= 0.3 is 0 Å². The van der Waals surface area contributed by atoms with Crippen LogP contribution in [0.5, 0.6) is 0 Å². The molecule has 0 radical (unpaired) electrons. The summed E-state index contributed by atoms with van der Waals surface area (Å²) in [6.45, 7) is 4.87. The maximum absolute atomic E-state index is 4.82. The highest BCUT2D eigenvalue weighted by Crippen LogP contribution is 2.45. The molecule has 5 heteroatoms. The van der Waals surface area contributed by atoms with Crippen LogP contribution in [-0.4, -0.2) is 39.5 Å². The van der Waals surface area contributed by atoms with Crippen LogP contribution in [0.4, 0.5) is 5.69 Å². The summed E-state index contributed by atoms with van der Waals surface area (Å²) in [5.41, 5.74) is 4.87. The second-order valence-corrected chi connectivity index (χ2v) is 7.61. The molecule has 3 aromatic heterocycles. The third-order valence-electron chi connectivity index (χ3n) is 5.75. The quantitative estimate of drug-likeness (QED) is 0.718. The first-order chi connectivity index (χ1) is 13.3. The Balaban J connectivity index is 1.39. The van der Waals surface area contributed by atoms with Crippen LogP contribution in [0.1, 0.15) is 23.5 Å². The maximum atomic E-state index is 4.82. The van der Waals surface area contributed by atoms with Crippen molar-refractivity contribution in [2.24, 2.45) is 0 Å². The molecule has 1 spiro atoms. The predicted molar refractivity (Wildman–Crippen MR) is 105 cm³/mol. The number of nitrogens with zero attached hydrogens (tertiary/aromatic N) is 5. The van der Waals surface area contributed by atoms with E-state index in [1.807, 2.05) is 36.8 Å². The van der Waals surface area contributed by atoms with Crippen molar-refractivity contribution in [1.29, 1.82) is 0 Å². The molecule has 0 bridgehead atoms. The topological polar surface area (TPSA) is 45.2 Å². The summed E-state index contributed by atoms with van der Waals surface area (Å²) in [6, 6.07) is 16.5. The lowest BCUT2D eigenvalue weighted by Gasteiger charge is -2.25. The van der Waals surface area contributed by atoms with E-state index >= 15 is 0 Å². The normalized spacial score (nSPS) is 21.7. The van der Waals surface area contributed by atoms with Crippen molar-refractivity contribution in [3.8, 4) is 0 Å². The average molecular weight is 357 g/mol. The molecular formula is C22H23N5. The molecule has 2 aliphatic heterocycles. The summed E-state index contributed by atoms with van der Waals surface area (Å²) in [4.78, 5) is 18.8. The summed E-state index contributed by atoms with van der Waals surface area (Å²) in [6.07, 6.45) is 6.83. The minimum absolute atomic E-state index is 0.111.